The first-order chi connectivity index (χ1) is 18.5. The minimum absolute atomic E-state index is 0. The van der Waals surface area contributed by atoms with Crippen molar-refractivity contribution in [3.8, 4) is 39.9 Å². The average Bonchev–Trinajstić information content (AvgIpc) is 3.45. The van der Waals surface area contributed by atoms with E-state index in [1.165, 1.54) is 6.07 Å². The molecule has 0 fully saturated rings. The fourth-order valence-electron chi connectivity index (χ4n) is 4.22. The van der Waals surface area contributed by atoms with Crippen LogP contribution in [-0.2, 0) is 12.8 Å². The average molecular weight is 541 g/mol. The monoisotopic (exact) mass is 540 g/mol. The summed E-state index contributed by atoms with van der Waals surface area (Å²) in [6.07, 6.45) is 6.16. The molecule has 1 aromatic heterocycles. The number of carboxylic acid groups (broad SMARTS) is 1. The van der Waals surface area contributed by atoms with Crippen molar-refractivity contribution in [3.05, 3.63) is 89.9 Å². The summed E-state index contributed by atoms with van der Waals surface area (Å²) >= 11 is 0. The van der Waals surface area contributed by atoms with Gasteiger partial charge < -0.3 is 28.8 Å². The van der Waals surface area contributed by atoms with Crippen molar-refractivity contribution in [2.45, 2.75) is 39.5 Å². The van der Waals surface area contributed by atoms with Gasteiger partial charge in [0.25, 0.3) is 0 Å². The maximum absolute atomic E-state index is 11.6. The molecule has 0 spiro atoms. The van der Waals surface area contributed by atoms with Gasteiger partial charge in [-0.25, -0.2) is 4.79 Å². The molecule has 0 amide bonds. The number of carboxylic acids is 1. The van der Waals surface area contributed by atoms with E-state index >= 15 is 0 Å². The summed E-state index contributed by atoms with van der Waals surface area (Å²) in [7, 11) is 0. The zero-order valence-corrected chi connectivity index (χ0v) is 21.6. The van der Waals surface area contributed by atoms with Gasteiger partial charge in [-0.2, -0.15) is 0 Å². The van der Waals surface area contributed by atoms with Gasteiger partial charge in [-0.05, 0) is 54.8 Å². The molecule has 7 nitrogen and oxygen atoms in total. The van der Waals surface area contributed by atoms with Gasteiger partial charge in [0.2, 0.25) is 0 Å². The number of aromatic carboxylic acids is 1. The van der Waals surface area contributed by atoms with Gasteiger partial charge in [0, 0.05) is 29.2 Å². The molecule has 8 heteroatoms. The van der Waals surface area contributed by atoms with Crippen molar-refractivity contribution in [2.24, 2.45) is 0 Å². The van der Waals surface area contributed by atoms with Crippen LogP contribution in [0.3, 0.4) is 0 Å². The van der Waals surface area contributed by atoms with Crippen LogP contribution in [0.5, 0.6) is 28.7 Å². The number of rotatable bonds is 13. The van der Waals surface area contributed by atoms with E-state index in [1.54, 1.807) is 36.8 Å². The summed E-state index contributed by atoms with van der Waals surface area (Å²) in [6, 6.07) is 17.5. The molecular weight excluding hydrogens is 507 g/mol. The molecule has 4 rings (SSSR count). The van der Waals surface area contributed by atoms with Crippen LogP contribution < -0.4 is 14.2 Å². The Morgan fingerprint density at radius 1 is 0.897 bits per heavy atom. The summed E-state index contributed by atoms with van der Waals surface area (Å²) < 4.78 is 23.3. The number of hydrogen-bond donors (Lipinski definition) is 2. The normalized spacial score (nSPS) is 10.5. The molecule has 2 N–H and O–H groups in total. The molecule has 0 saturated carbocycles. The molecule has 0 radical (unpaired) electrons. The number of phenols is 1. The van der Waals surface area contributed by atoms with Crippen molar-refractivity contribution in [1.29, 1.82) is 0 Å². The number of furan rings is 1. The number of aromatic hydroxyl groups is 1. The Bertz CT molecular complexity index is 1370. The van der Waals surface area contributed by atoms with Crippen molar-refractivity contribution in [1.82, 2.24) is 0 Å². The van der Waals surface area contributed by atoms with Crippen molar-refractivity contribution in [2.75, 3.05) is 13.2 Å². The van der Waals surface area contributed by atoms with Crippen LogP contribution in [0.15, 0.2) is 77.6 Å². The van der Waals surface area contributed by atoms with E-state index in [2.05, 4.69) is 6.92 Å². The van der Waals surface area contributed by atoms with Crippen LogP contribution >= 0.6 is 0 Å². The molecule has 0 aliphatic rings. The second-order valence-electron chi connectivity index (χ2n) is 8.78. The molecular formula is C31H33NaO7. The first-order valence-corrected chi connectivity index (χ1v) is 12.8. The van der Waals surface area contributed by atoms with E-state index in [0.717, 1.165) is 36.0 Å². The summed E-state index contributed by atoms with van der Waals surface area (Å²) in [6.45, 7) is 4.95. The molecule has 1 heterocycles. The number of carbonyl (C=O) groups is 1. The van der Waals surface area contributed by atoms with E-state index in [0.29, 0.717) is 42.4 Å². The van der Waals surface area contributed by atoms with Crippen LogP contribution in [0.2, 0.25) is 0 Å². The Balaban J connectivity index is 0.00000420. The van der Waals surface area contributed by atoms with Gasteiger partial charge in [0.1, 0.15) is 34.3 Å². The summed E-state index contributed by atoms with van der Waals surface area (Å²) in [5.74, 6) is 1.32. The first kappa shape index (κ1) is 30.2. The van der Waals surface area contributed by atoms with Gasteiger partial charge in [-0.15, -0.1) is 0 Å². The van der Waals surface area contributed by atoms with E-state index in [4.69, 9.17) is 18.6 Å². The summed E-state index contributed by atoms with van der Waals surface area (Å²) in [4.78, 5) is 11.6. The molecule has 200 valence electrons. The van der Waals surface area contributed by atoms with Crippen molar-refractivity contribution >= 4 is 35.5 Å². The van der Waals surface area contributed by atoms with Gasteiger partial charge in [-0.3, -0.25) is 0 Å². The van der Waals surface area contributed by atoms with Crippen LogP contribution in [-0.4, -0.2) is 59.0 Å². The number of benzene rings is 3. The van der Waals surface area contributed by atoms with Crippen LogP contribution in [0.1, 0.15) is 48.2 Å². The number of aryl methyl sites for hydroxylation is 1. The molecule has 3 aromatic carbocycles. The zero-order valence-electron chi connectivity index (χ0n) is 21.6. The topological polar surface area (TPSA) is 98.4 Å². The van der Waals surface area contributed by atoms with Gasteiger partial charge in [0.15, 0.2) is 0 Å². The Morgan fingerprint density at radius 2 is 1.62 bits per heavy atom. The summed E-state index contributed by atoms with van der Waals surface area (Å²) in [5.41, 5.74) is 3.52. The van der Waals surface area contributed by atoms with Gasteiger partial charge in [0.05, 0.1) is 25.7 Å². The molecule has 0 atom stereocenters. The molecule has 39 heavy (non-hydrogen) atoms. The third-order valence-electron chi connectivity index (χ3n) is 6.12. The Labute approximate surface area is 250 Å². The van der Waals surface area contributed by atoms with Gasteiger partial charge >= 0.3 is 35.5 Å². The second kappa shape index (κ2) is 14.7. The molecule has 0 aliphatic carbocycles. The minimum atomic E-state index is -1.04. The number of phenolic OH excluding ortho intramolecular Hbond substituents is 1. The van der Waals surface area contributed by atoms with Crippen LogP contribution in [0.25, 0.3) is 11.1 Å². The Hall–Kier alpha value is -3.39. The van der Waals surface area contributed by atoms with Crippen LogP contribution in [0.4, 0.5) is 0 Å². The number of hydrogen-bond acceptors (Lipinski definition) is 6. The van der Waals surface area contributed by atoms with Crippen molar-refractivity contribution in [3.63, 3.8) is 0 Å². The van der Waals surface area contributed by atoms with Crippen molar-refractivity contribution < 1.29 is 33.6 Å². The van der Waals surface area contributed by atoms with Gasteiger partial charge in [-0.1, -0.05) is 38.5 Å². The Kier molecular flexibility index (Phi) is 11.3. The molecule has 0 aliphatic heterocycles. The molecule has 4 aromatic rings. The predicted octanol–water partition coefficient (Wildman–Crippen LogP) is 6.86. The zero-order chi connectivity index (χ0) is 26.9. The fraction of sp³-hybridized carbons (Fsp3) is 0.258. The molecule has 0 unspecified atom stereocenters. The van der Waals surface area contributed by atoms with E-state index in [1.807, 2.05) is 37.3 Å². The number of para-hydroxylation sites is 1. The predicted molar refractivity (Wildman–Crippen MR) is 152 cm³/mol. The van der Waals surface area contributed by atoms with E-state index < -0.39 is 5.97 Å². The van der Waals surface area contributed by atoms with E-state index in [9.17, 15) is 15.0 Å². The first-order valence-electron chi connectivity index (χ1n) is 12.8. The van der Waals surface area contributed by atoms with E-state index in [-0.39, 0.29) is 46.6 Å². The fourth-order valence-corrected chi connectivity index (χ4v) is 4.22. The molecule has 0 saturated heterocycles. The third kappa shape index (κ3) is 7.60. The quantitative estimate of drug-likeness (QED) is 0.141. The van der Waals surface area contributed by atoms with Crippen LogP contribution in [0, 0.1) is 0 Å². The standard InChI is InChI=1S/C31H32O7.Na.H/c1-3-9-23-27(12-7-13-28(23)38-29-11-6-5-10-24(29)31(33)34)36-15-8-16-37-30-19-26(32)25(18-21(30)4-2)22-14-17-35-20-22;;/h5-7,10-14,17-20,32H,3-4,8-9,15-16H2,1-2H3,(H,33,34);;. The Morgan fingerprint density at radius 3 is 2.31 bits per heavy atom. The maximum atomic E-state index is 11.6. The molecule has 0 bridgehead atoms. The SMILES string of the molecule is CCCc1c(OCCCOc2cc(O)c(-c3ccoc3)cc2CC)cccc1Oc1ccccc1C(=O)O.[NaH]. The number of ether oxygens (including phenoxy) is 3. The second-order valence-corrected chi connectivity index (χ2v) is 8.78. The summed E-state index contributed by atoms with van der Waals surface area (Å²) in [5, 5.41) is 20.0. The third-order valence-corrected chi connectivity index (χ3v) is 6.12.